The number of carbonyl (C=O) groups excluding carboxylic acids is 1. The van der Waals surface area contributed by atoms with Gasteiger partial charge in [0.05, 0.1) is 0 Å². The van der Waals surface area contributed by atoms with Crippen molar-refractivity contribution in [3.63, 3.8) is 0 Å². The molecule has 0 aromatic rings. The lowest BCUT2D eigenvalue weighted by Crippen LogP contribution is -2.23. The Morgan fingerprint density at radius 1 is 1.07 bits per heavy atom. The molecule has 2 nitrogen and oxygen atoms in total. The lowest BCUT2D eigenvalue weighted by atomic mass is 10.1. The molecule has 0 atom stereocenters. The maximum Gasteiger partial charge on any atom is 0.219 e. The van der Waals surface area contributed by atoms with E-state index >= 15 is 0 Å². The van der Waals surface area contributed by atoms with Crippen LogP contribution in [0.2, 0.25) is 0 Å². The molecular weight excluding hydrogens is 210 g/mol. The van der Waals surface area contributed by atoms with E-state index in [1.54, 1.807) is 0 Å². The molecule has 0 aromatic heterocycles. The first-order valence-corrected chi connectivity index (χ1v) is 6.67. The largest absolute Gasteiger partial charge is 0.356 e. The predicted molar refractivity (Wildman–Crippen MR) is 66.3 cm³/mol. The molecule has 0 heterocycles. The molecule has 0 saturated carbocycles. The van der Waals surface area contributed by atoms with Crippen LogP contribution in [-0.4, -0.2) is 18.3 Å². The number of hydrogen-bond acceptors (Lipinski definition) is 1. The normalized spacial score (nSPS) is 10.3. The van der Waals surface area contributed by atoms with E-state index < -0.39 is 0 Å². The van der Waals surface area contributed by atoms with Gasteiger partial charge in [0.1, 0.15) is 0 Å². The highest BCUT2D eigenvalue weighted by atomic mass is 35.5. The maximum absolute atomic E-state index is 11.3. The van der Waals surface area contributed by atoms with E-state index in [0.717, 1.165) is 25.8 Å². The highest BCUT2D eigenvalue weighted by molar-refractivity contribution is 6.17. The van der Waals surface area contributed by atoms with Gasteiger partial charge in [0, 0.05) is 18.8 Å². The molecule has 15 heavy (non-hydrogen) atoms. The number of halogens is 1. The summed E-state index contributed by atoms with van der Waals surface area (Å²) in [5.74, 6) is 0.834. The zero-order valence-corrected chi connectivity index (χ0v) is 10.6. The zero-order valence-electron chi connectivity index (χ0n) is 9.86. The quantitative estimate of drug-likeness (QED) is 0.454. The number of rotatable bonds is 10. The summed E-state index contributed by atoms with van der Waals surface area (Å²) in [5, 5.41) is 2.94. The van der Waals surface area contributed by atoms with Crippen molar-refractivity contribution in [3.05, 3.63) is 0 Å². The number of hydrogen-bond donors (Lipinski definition) is 1. The van der Waals surface area contributed by atoms with Crippen LogP contribution in [0.3, 0.4) is 0 Å². The summed E-state index contributed by atoms with van der Waals surface area (Å²) < 4.78 is 0. The van der Waals surface area contributed by atoms with E-state index in [1.807, 2.05) is 0 Å². The zero-order chi connectivity index (χ0) is 11.4. The highest BCUT2D eigenvalue weighted by Crippen LogP contribution is 2.01. The first-order valence-electron chi connectivity index (χ1n) is 6.14. The first-order chi connectivity index (χ1) is 7.31. The fourth-order valence-electron chi connectivity index (χ4n) is 1.42. The van der Waals surface area contributed by atoms with Crippen molar-refractivity contribution in [1.82, 2.24) is 5.32 Å². The van der Waals surface area contributed by atoms with Crippen LogP contribution in [0.25, 0.3) is 0 Å². The summed E-state index contributed by atoms with van der Waals surface area (Å²) in [5.41, 5.74) is 0. The summed E-state index contributed by atoms with van der Waals surface area (Å²) in [6, 6.07) is 0. The summed E-state index contributed by atoms with van der Waals surface area (Å²) in [7, 11) is 0. The monoisotopic (exact) mass is 233 g/mol. The van der Waals surface area contributed by atoms with Gasteiger partial charge in [-0.05, 0) is 19.3 Å². The van der Waals surface area contributed by atoms with Gasteiger partial charge in [-0.15, -0.1) is 11.6 Å². The Kier molecular flexibility index (Phi) is 11.6. The average molecular weight is 234 g/mol. The summed E-state index contributed by atoms with van der Waals surface area (Å²) in [6.45, 7) is 3.04. The Morgan fingerprint density at radius 2 is 1.80 bits per heavy atom. The highest BCUT2D eigenvalue weighted by Gasteiger charge is 1.99. The fraction of sp³-hybridized carbons (Fsp3) is 0.917. The van der Waals surface area contributed by atoms with Crippen LogP contribution in [-0.2, 0) is 4.79 Å². The topological polar surface area (TPSA) is 29.1 Å². The first kappa shape index (κ1) is 14.8. The third kappa shape index (κ3) is 11.7. The van der Waals surface area contributed by atoms with Crippen LogP contribution in [0.1, 0.15) is 58.3 Å². The van der Waals surface area contributed by atoms with E-state index in [1.165, 1.54) is 25.7 Å². The Balaban J connectivity index is 3.10. The van der Waals surface area contributed by atoms with Crippen LogP contribution in [0.15, 0.2) is 0 Å². The minimum Gasteiger partial charge on any atom is -0.356 e. The van der Waals surface area contributed by atoms with Gasteiger partial charge in [-0.3, -0.25) is 4.79 Å². The maximum atomic E-state index is 11.3. The van der Waals surface area contributed by atoms with Crippen LogP contribution in [0, 0.1) is 0 Å². The van der Waals surface area contributed by atoms with Crippen LogP contribution >= 0.6 is 11.6 Å². The smallest absolute Gasteiger partial charge is 0.219 e. The SMILES string of the molecule is CCCCCCCNC(=O)CCCCCl. The summed E-state index contributed by atoms with van der Waals surface area (Å²) >= 11 is 5.53. The summed E-state index contributed by atoms with van der Waals surface area (Å²) in [4.78, 5) is 11.3. The molecule has 0 spiro atoms. The van der Waals surface area contributed by atoms with Crippen molar-refractivity contribution >= 4 is 17.5 Å². The van der Waals surface area contributed by atoms with Crippen molar-refractivity contribution in [2.45, 2.75) is 58.3 Å². The van der Waals surface area contributed by atoms with Crippen LogP contribution < -0.4 is 5.32 Å². The lowest BCUT2D eigenvalue weighted by molar-refractivity contribution is -0.121. The van der Waals surface area contributed by atoms with E-state index in [4.69, 9.17) is 11.6 Å². The molecule has 0 saturated heterocycles. The van der Waals surface area contributed by atoms with Crippen molar-refractivity contribution in [2.75, 3.05) is 12.4 Å². The standard InChI is InChI=1S/C12H24ClNO/c1-2-3-4-5-8-11-14-12(15)9-6-7-10-13/h2-11H2,1H3,(H,14,15). The molecule has 0 radical (unpaired) electrons. The number of alkyl halides is 1. The van der Waals surface area contributed by atoms with Gasteiger partial charge in [0.25, 0.3) is 0 Å². The molecule has 0 aliphatic carbocycles. The molecule has 90 valence electrons. The minimum atomic E-state index is 0.176. The summed E-state index contributed by atoms with van der Waals surface area (Å²) in [6.07, 6.45) is 8.68. The third-order valence-corrected chi connectivity index (χ3v) is 2.66. The van der Waals surface area contributed by atoms with Gasteiger partial charge >= 0.3 is 0 Å². The van der Waals surface area contributed by atoms with Gasteiger partial charge < -0.3 is 5.32 Å². The van der Waals surface area contributed by atoms with Gasteiger partial charge in [-0.2, -0.15) is 0 Å². The molecular formula is C12H24ClNO. The number of amides is 1. The van der Waals surface area contributed by atoms with Gasteiger partial charge in [-0.1, -0.05) is 32.6 Å². The second kappa shape index (κ2) is 11.8. The lowest BCUT2D eigenvalue weighted by Gasteiger charge is -2.04. The Labute approximate surface area is 98.8 Å². The minimum absolute atomic E-state index is 0.176. The molecule has 3 heteroatoms. The Bertz CT molecular complexity index is 151. The Morgan fingerprint density at radius 3 is 2.47 bits per heavy atom. The van der Waals surface area contributed by atoms with E-state index in [0.29, 0.717) is 12.3 Å². The van der Waals surface area contributed by atoms with Crippen LogP contribution in [0.5, 0.6) is 0 Å². The molecule has 1 N–H and O–H groups in total. The molecule has 0 unspecified atom stereocenters. The van der Waals surface area contributed by atoms with Crippen molar-refractivity contribution in [2.24, 2.45) is 0 Å². The number of nitrogens with one attached hydrogen (secondary N) is 1. The Hall–Kier alpha value is -0.240. The van der Waals surface area contributed by atoms with Crippen molar-refractivity contribution < 1.29 is 4.79 Å². The van der Waals surface area contributed by atoms with Gasteiger partial charge in [-0.25, -0.2) is 0 Å². The van der Waals surface area contributed by atoms with Gasteiger partial charge in [0.2, 0.25) is 5.91 Å². The van der Waals surface area contributed by atoms with E-state index in [2.05, 4.69) is 12.2 Å². The molecule has 0 aromatic carbocycles. The molecule has 0 aliphatic heterocycles. The molecule has 0 rings (SSSR count). The molecule has 0 aliphatic rings. The van der Waals surface area contributed by atoms with Crippen LogP contribution in [0.4, 0.5) is 0 Å². The second-order valence-electron chi connectivity index (χ2n) is 3.91. The molecule has 0 fully saturated rings. The number of unbranched alkanes of at least 4 members (excludes halogenated alkanes) is 5. The third-order valence-electron chi connectivity index (χ3n) is 2.39. The molecule has 0 bridgehead atoms. The number of carbonyl (C=O) groups is 1. The second-order valence-corrected chi connectivity index (χ2v) is 4.29. The predicted octanol–water partition coefficient (Wildman–Crippen LogP) is 3.48. The van der Waals surface area contributed by atoms with E-state index in [9.17, 15) is 4.79 Å². The van der Waals surface area contributed by atoms with Gasteiger partial charge in [0.15, 0.2) is 0 Å². The molecule has 1 amide bonds. The van der Waals surface area contributed by atoms with Crippen molar-refractivity contribution in [3.8, 4) is 0 Å². The average Bonchev–Trinajstić information content (AvgIpc) is 2.23. The van der Waals surface area contributed by atoms with Crippen molar-refractivity contribution in [1.29, 1.82) is 0 Å². The van der Waals surface area contributed by atoms with E-state index in [-0.39, 0.29) is 5.91 Å². The fourth-order valence-corrected chi connectivity index (χ4v) is 1.61.